The van der Waals surface area contributed by atoms with Gasteiger partial charge in [0.2, 0.25) is 0 Å². The summed E-state index contributed by atoms with van der Waals surface area (Å²) in [7, 11) is 0. The van der Waals surface area contributed by atoms with E-state index in [1.54, 1.807) is 6.07 Å². The third-order valence-electron chi connectivity index (χ3n) is 7.35. The summed E-state index contributed by atoms with van der Waals surface area (Å²) in [5, 5.41) is 14.7. The molecule has 0 bridgehead atoms. The van der Waals surface area contributed by atoms with Gasteiger partial charge in [0.05, 0.1) is 29.1 Å². The van der Waals surface area contributed by atoms with Gasteiger partial charge in [-0.1, -0.05) is 67.5 Å². The Labute approximate surface area is 225 Å². The lowest BCUT2D eigenvalue weighted by atomic mass is 9.97. The summed E-state index contributed by atoms with van der Waals surface area (Å²) in [5.74, 6) is 1.17. The highest BCUT2D eigenvalue weighted by atomic mass is 16.2. The number of carbonyl (C=O) groups is 1. The number of benzene rings is 2. The molecule has 1 aliphatic carbocycles. The Morgan fingerprint density at radius 3 is 2.87 bits per heavy atom. The molecule has 9 heteroatoms. The van der Waals surface area contributed by atoms with Crippen LogP contribution in [0.3, 0.4) is 0 Å². The number of hydrogen-bond donors (Lipinski definition) is 1. The average Bonchev–Trinajstić information content (AvgIpc) is 3.64. The first kappa shape index (κ1) is 24.7. The maximum Gasteiger partial charge on any atom is 0.261 e. The number of rotatable bonds is 7. The van der Waals surface area contributed by atoms with E-state index in [9.17, 15) is 9.59 Å². The number of fused-ring (bicyclic) bond motifs is 2. The Hall–Kier alpha value is -4.66. The number of allylic oxidation sites excluding steroid dienone is 2. The highest BCUT2D eigenvalue weighted by Crippen LogP contribution is 2.30. The number of tetrazole rings is 1. The van der Waals surface area contributed by atoms with E-state index in [1.165, 1.54) is 0 Å². The number of carbonyl (C=O) groups excluding carboxylic acids is 1. The molecule has 2 aliphatic rings. The smallest absolute Gasteiger partial charge is 0.261 e. The van der Waals surface area contributed by atoms with Crippen molar-refractivity contribution >= 4 is 16.8 Å². The summed E-state index contributed by atoms with van der Waals surface area (Å²) >= 11 is 0. The Morgan fingerprint density at radius 1 is 1.18 bits per heavy atom. The molecule has 1 N–H and O–H groups in total. The van der Waals surface area contributed by atoms with Gasteiger partial charge in [-0.3, -0.25) is 14.2 Å². The van der Waals surface area contributed by atoms with Crippen LogP contribution in [-0.4, -0.2) is 53.6 Å². The van der Waals surface area contributed by atoms with E-state index in [0.717, 1.165) is 47.3 Å². The van der Waals surface area contributed by atoms with Gasteiger partial charge in [0, 0.05) is 18.5 Å². The standard InChI is InChI=1S/C30H29N7O2/c1-3-4-9-27-31-25-12-10-19(2)16-24(25)30(39)37(27)18-20-11-13-26-21(17-20)14-15-36(26)29(38)23-8-6-5-7-22(23)28-32-34-35-33-28/h5-8,10-14,16-17,26H,3-4,9,15,18H2,1-2H3,(H,32,33,34,35). The van der Waals surface area contributed by atoms with Crippen LogP contribution < -0.4 is 5.56 Å². The van der Waals surface area contributed by atoms with Crippen LogP contribution in [-0.2, 0) is 13.0 Å². The Balaban J connectivity index is 1.27. The van der Waals surface area contributed by atoms with Crippen molar-refractivity contribution < 1.29 is 4.79 Å². The predicted octanol–water partition coefficient (Wildman–Crippen LogP) is 4.17. The summed E-state index contributed by atoms with van der Waals surface area (Å²) in [6, 6.07) is 13.0. The van der Waals surface area contributed by atoms with E-state index in [0.29, 0.717) is 35.4 Å². The number of amides is 1. The lowest BCUT2D eigenvalue weighted by molar-refractivity contribution is 0.0769. The molecule has 1 amide bonds. The third-order valence-corrected chi connectivity index (χ3v) is 7.35. The van der Waals surface area contributed by atoms with Crippen molar-refractivity contribution in [3.8, 4) is 11.4 Å². The average molecular weight is 520 g/mol. The second-order valence-electron chi connectivity index (χ2n) is 10.0. The van der Waals surface area contributed by atoms with Crippen molar-refractivity contribution in [3.63, 3.8) is 0 Å². The molecular weight excluding hydrogens is 490 g/mol. The predicted molar refractivity (Wildman–Crippen MR) is 149 cm³/mol. The summed E-state index contributed by atoms with van der Waals surface area (Å²) in [6.45, 7) is 5.06. The van der Waals surface area contributed by atoms with Crippen LogP contribution in [0.1, 0.15) is 41.5 Å². The Morgan fingerprint density at radius 2 is 2.05 bits per heavy atom. The highest BCUT2D eigenvalue weighted by molar-refractivity contribution is 6.01. The van der Waals surface area contributed by atoms with E-state index in [2.05, 4.69) is 39.7 Å². The minimum Gasteiger partial charge on any atom is -0.324 e. The topological polar surface area (TPSA) is 110 Å². The Bertz CT molecular complexity index is 1710. The lowest BCUT2D eigenvalue weighted by Crippen LogP contribution is -2.37. The van der Waals surface area contributed by atoms with Gasteiger partial charge in [0.25, 0.3) is 11.5 Å². The van der Waals surface area contributed by atoms with E-state index in [4.69, 9.17) is 4.98 Å². The molecule has 0 saturated carbocycles. The fourth-order valence-corrected chi connectivity index (χ4v) is 5.32. The summed E-state index contributed by atoms with van der Waals surface area (Å²) in [5.41, 5.74) is 5.03. The first-order valence-corrected chi connectivity index (χ1v) is 13.3. The van der Waals surface area contributed by atoms with Crippen LogP contribution in [0.5, 0.6) is 0 Å². The van der Waals surface area contributed by atoms with Crippen LogP contribution in [0.2, 0.25) is 0 Å². The molecule has 6 rings (SSSR count). The van der Waals surface area contributed by atoms with Crippen molar-refractivity contribution in [3.05, 3.63) is 105 Å². The number of hydrogen-bond acceptors (Lipinski definition) is 6. The monoisotopic (exact) mass is 519 g/mol. The van der Waals surface area contributed by atoms with Crippen molar-refractivity contribution in [2.24, 2.45) is 0 Å². The Kier molecular flexibility index (Phi) is 6.48. The van der Waals surface area contributed by atoms with E-state index >= 15 is 0 Å². The second kappa shape index (κ2) is 10.2. The SMILES string of the molecule is CCCCc1nc2ccc(C)cc2c(=O)n1CC1=CC2=CCN(C(=O)c3ccccc3-c3nnn[nH]3)C2C=C1. The minimum atomic E-state index is -0.171. The first-order chi connectivity index (χ1) is 19.0. The molecule has 2 aromatic heterocycles. The molecule has 196 valence electrons. The van der Waals surface area contributed by atoms with E-state index in [1.807, 2.05) is 64.9 Å². The van der Waals surface area contributed by atoms with Crippen LogP contribution in [0.15, 0.2) is 82.7 Å². The van der Waals surface area contributed by atoms with Crippen LogP contribution in [0, 0.1) is 6.92 Å². The first-order valence-electron chi connectivity index (χ1n) is 13.3. The van der Waals surface area contributed by atoms with Crippen molar-refractivity contribution in [2.75, 3.05) is 6.54 Å². The molecule has 0 saturated heterocycles. The van der Waals surface area contributed by atoms with Gasteiger partial charge in [0.15, 0.2) is 5.82 Å². The lowest BCUT2D eigenvalue weighted by Gasteiger charge is -2.27. The zero-order chi connectivity index (χ0) is 26.9. The van der Waals surface area contributed by atoms with E-state index in [-0.39, 0.29) is 17.5 Å². The van der Waals surface area contributed by atoms with Gasteiger partial charge < -0.3 is 4.90 Å². The fourth-order valence-electron chi connectivity index (χ4n) is 5.32. The summed E-state index contributed by atoms with van der Waals surface area (Å²) < 4.78 is 1.81. The number of aromatic amines is 1. The summed E-state index contributed by atoms with van der Waals surface area (Å²) in [6.07, 6.45) is 11.0. The molecule has 3 heterocycles. The zero-order valence-corrected chi connectivity index (χ0v) is 22.0. The fraction of sp³-hybridized carbons (Fsp3) is 0.267. The molecular formula is C30H29N7O2. The molecule has 1 unspecified atom stereocenters. The van der Waals surface area contributed by atoms with Crippen molar-refractivity contribution in [1.29, 1.82) is 0 Å². The van der Waals surface area contributed by atoms with Gasteiger partial charge in [-0.15, -0.1) is 5.10 Å². The van der Waals surface area contributed by atoms with Gasteiger partial charge in [0.1, 0.15) is 5.82 Å². The number of nitrogens with zero attached hydrogens (tertiary/aromatic N) is 6. The van der Waals surface area contributed by atoms with Crippen molar-refractivity contribution in [2.45, 2.75) is 45.7 Å². The maximum atomic E-state index is 13.6. The second-order valence-corrected chi connectivity index (χ2v) is 10.0. The van der Waals surface area contributed by atoms with Crippen molar-refractivity contribution in [1.82, 2.24) is 35.1 Å². The number of nitrogens with one attached hydrogen (secondary N) is 1. The number of H-pyrrole nitrogens is 1. The van der Waals surface area contributed by atoms with E-state index < -0.39 is 0 Å². The van der Waals surface area contributed by atoms with Gasteiger partial charge >= 0.3 is 0 Å². The molecule has 1 aliphatic heterocycles. The molecule has 1 atom stereocenters. The molecule has 0 radical (unpaired) electrons. The maximum absolute atomic E-state index is 13.6. The van der Waals surface area contributed by atoms with Gasteiger partial charge in [-0.05, 0) is 53.1 Å². The largest absolute Gasteiger partial charge is 0.324 e. The quantitative estimate of drug-likeness (QED) is 0.392. The third kappa shape index (κ3) is 4.60. The molecule has 39 heavy (non-hydrogen) atoms. The van der Waals surface area contributed by atoms with Crippen LogP contribution in [0.25, 0.3) is 22.3 Å². The normalized spacial score (nSPS) is 16.4. The molecule has 4 aromatic rings. The number of unbranched alkanes of at least 4 members (excludes halogenated alkanes) is 1. The molecule has 9 nitrogen and oxygen atoms in total. The van der Waals surface area contributed by atoms with Gasteiger partial charge in [-0.2, -0.15) is 0 Å². The number of aryl methyl sites for hydroxylation is 2. The highest BCUT2D eigenvalue weighted by Gasteiger charge is 2.32. The molecule has 0 fully saturated rings. The molecule has 0 spiro atoms. The minimum absolute atomic E-state index is 0.0121. The zero-order valence-electron chi connectivity index (χ0n) is 22.0. The number of aromatic nitrogens is 6. The van der Waals surface area contributed by atoms with Crippen LogP contribution >= 0.6 is 0 Å². The van der Waals surface area contributed by atoms with Crippen LogP contribution in [0.4, 0.5) is 0 Å². The van der Waals surface area contributed by atoms with Gasteiger partial charge in [-0.25, -0.2) is 10.1 Å². The summed E-state index contributed by atoms with van der Waals surface area (Å²) in [4.78, 5) is 33.9. The molecule has 2 aromatic carbocycles.